The fourth-order valence-corrected chi connectivity index (χ4v) is 4.46. The predicted molar refractivity (Wildman–Crippen MR) is 95.4 cm³/mol. The second-order valence-corrected chi connectivity index (χ2v) is 7.40. The number of methoxy groups -OCH3 is 1. The third-order valence-corrected chi connectivity index (χ3v) is 5.65. The zero-order valence-corrected chi connectivity index (χ0v) is 14.8. The molecule has 2 aromatic rings. The Labute approximate surface area is 148 Å². The van der Waals surface area contributed by atoms with E-state index in [1.165, 1.54) is 11.1 Å². The van der Waals surface area contributed by atoms with E-state index in [0.717, 1.165) is 16.9 Å². The molecule has 0 unspecified atom stereocenters. The summed E-state index contributed by atoms with van der Waals surface area (Å²) in [6.45, 7) is 4.43. The first-order valence-electron chi connectivity index (χ1n) is 8.67. The number of benzene rings is 2. The summed E-state index contributed by atoms with van der Waals surface area (Å²) in [6.07, 6.45) is 0.581. The van der Waals surface area contributed by atoms with Crippen molar-refractivity contribution >= 4 is 5.91 Å². The molecule has 130 valence electrons. The number of rotatable bonds is 3. The van der Waals surface area contributed by atoms with Gasteiger partial charge in [0.1, 0.15) is 5.75 Å². The van der Waals surface area contributed by atoms with Crippen molar-refractivity contribution in [1.82, 2.24) is 4.90 Å². The van der Waals surface area contributed by atoms with E-state index in [4.69, 9.17) is 4.74 Å². The van der Waals surface area contributed by atoms with Crippen LogP contribution in [0.4, 0.5) is 0 Å². The Morgan fingerprint density at radius 2 is 1.96 bits per heavy atom. The van der Waals surface area contributed by atoms with Gasteiger partial charge in [0.25, 0.3) is 0 Å². The van der Waals surface area contributed by atoms with Gasteiger partial charge in [-0.2, -0.15) is 0 Å². The maximum Gasteiger partial charge on any atom is 0.233 e. The summed E-state index contributed by atoms with van der Waals surface area (Å²) < 4.78 is 5.21. The van der Waals surface area contributed by atoms with E-state index in [0.29, 0.717) is 13.0 Å². The summed E-state index contributed by atoms with van der Waals surface area (Å²) in [5, 5.41) is 10.9. The molecule has 0 radical (unpaired) electrons. The summed E-state index contributed by atoms with van der Waals surface area (Å²) in [5.74, 6) is 0.347. The standard InChI is InChI=1S/C21H23NO3/c1-13-5-4-6-16-18(13)17-11-21(2,24)19(16)20(23)22(17)12-14-7-9-15(25-3)10-8-14/h4-10,17,19,24H,11-12H2,1-3H3/t17-,19+,21+/m1/s1. The summed E-state index contributed by atoms with van der Waals surface area (Å²) in [6, 6.07) is 13.8. The normalized spacial score (nSPS) is 27.4. The molecule has 3 aliphatic rings. The van der Waals surface area contributed by atoms with Crippen molar-refractivity contribution in [3.05, 3.63) is 64.7 Å². The highest BCUT2D eigenvalue weighted by atomic mass is 16.5. The molecule has 1 N–H and O–H groups in total. The minimum atomic E-state index is -0.987. The Hall–Kier alpha value is -2.33. The first-order chi connectivity index (χ1) is 11.9. The second kappa shape index (κ2) is 5.60. The van der Waals surface area contributed by atoms with Crippen LogP contribution in [0.25, 0.3) is 0 Å². The van der Waals surface area contributed by atoms with E-state index in [9.17, 15) is 9.90 Å². The van der Waals surface area contributed by atoms with Crippen LogP contribution in [-0.4, -0.2) is 28.6 Å². The van der Waals surface area contributed by atoms with Gasteiger partial charge in [-0.3, -0.25) is 4.79 Å². The number of aliphatic hydroxyl groups is 1. The summed E-state index contributed by atoms with van der Waals surface area (Å²) in [4.78, 5) is 15.1. The molecular weight excluding hydrogens is 314 g/mol. The minimum Gasteiger partial charge on any atom is -0.497 e. The molecular formula is C21H23NO3. The quantitative estimate of drug-likeness (QED) is 0.935. The van der Waals surface area contributed by atoms with Crippen LogP contribution < -0.4 is 4.74 Å². The van der Waals surface area contributed by atoms with Gasteiger partial charge in [-0.15, -0.1) is 0 Å². The van der Waals surface area contributed by atoms with Crippen molar-refractivity contribution in [2.45, 2.75) is 44.4 Å². The highest BCUT2D eigenvalue weighted by molar-refractivity contribution is 5.89. The number of piperidine rings is 1. The maximum atomic E-state index is 13.1. The molecule has 3 atom stereocenters. The molecule has 4 heteroatoms. The lowest BCUT2D eigenvalue weighted by Gasteiger charge is -2.53. The van der Waals surface area contributed by atoms with Crippen LogP contribution in [0.5, 0.6) is 5.75 Å². The molecule has 1 aliphatic carbocycles. The number of ether oxygens (including phenoxy) is 1. The van der Waals surface area contributed by atoms with Crippen LogP contribution in [0, 0.1) is 6.92 Å². The van der Waals surface area contributed by atoms with Crippen LogP contribution in [-0.2, 0) is 11.3 Å². The molecule has 2 aromatic carbocycles. The van der Waals surface area contributed by atoms with E-state index in [2.05, 4.69) is 13.0 Å². The van der Waals surface area contributed by atoms with Crippen molar-refractivity contribution in [2.75, 3.05) is 7.11 Å². The fourth-order valence-electron chi connectivity index (χ4n) is 4.46. The molecule has 1 fully saturated rings. The fraction of sp³-hybridized carbons (Fsp3) is 0.381. The van der Waals surface area contributed by atoms with Gasteiger partial charge in [0, 0.05) is 13.0 Å². The van der Waals surface area contributed by atoms with E-state index in [-0.39, 0.29) is 11.9 Å². The van der Waals surface area contributed by atoms with Gasteiger partial charge in [0.15, 0.2) is 0 Å². The second-order valence-electron chi connectivity index (χ2n) is 7.40. The van der Waals surface area contributed by atoms with Crippen molar-refractivity contribution in [3.8, 4) is 5.75 Å². The predicted octanol–water partition coefficient (Wildman–Crippen LogP) is 3.33. The molecule has 0 saturated carbocycles. The molecule has 0 aromatic heterocycles. The van der Waals surface area contributed by atoms with Crippen LogP contribution in [0.1, 0.15) is 47.6 Å². The average Bonchev–Trinajstić information content (AvgIpc) is 2.57. The van der Waals surface area contributed by atoms with Gasteiger partial charge in [-0.05, 0) is 48.2 Å². The number of carbonyl (C=O) groups excluding carboxylic acids is 1. The van der Waals surface area contributed by atoms with Crippen molar-refractivity contribution < 1.29 is 14.6 Å². The Bertz CT molecular complexity index is 826. The van der Waals surface area contributed by atoms with Gasteiger partial charge >= 0.3 is 0 Å². The van der Waals surface area contributed by atoms with Gasteiger partial charge in [-0.1, -0.05) is 30.3 Å². The van der Waals surface area contributed by atoms with Crippen molar-refractivity contribution in [1.29, 1.82) is 0 Å². The van der Waals surface area contributed by atoms with E-state index in [1.807, 2.05) is 41.3 Å². The van der Waals surface area contributed by atoms with E-state index < -0.39 is 11.5 Å². The Balaban J connectivity index is 1.73. The van der Waals surface area contributed by atoms with E-state index >= 15 is 0 Å². The molecule has 25 heavy (non-hydrogen) atoms. The lowest BCUT2D eigenvalue weighted by molar-refractivity contribution is -0.156. The zero-order valence-electron chi connectivity index (χ0n) is 14.8. The topological polar surface area (TPSA) is 49.8 Å². The highest BCUT2D eigenvalue weighted by Gasteiger charge is 2.55. The van der Waals surface area contributed by atoms with Crippen LogP contribution in [0.3, 0.4) is 0 Å². The SMILES string of the molecule is COc1ccc(CN2C(=O)[C@@H]3c4cccc(C)c4[C@H]2C[C@]3(C)O)cc1. The number of amides is 1. The van der Waals surface area contributed by atoms with Crippen LogP contribution in [0.15, 0.2) is 42.5 Å². The van der Waals surface area contributed by atoms with Crippen molar-refractivity contribution in [3.63, 3.8) is 0 Å². The molecule has 1 amide bonds. The Morgan fingerprint density at radius 1 is 1.24 bits per heavy atom. The summed E-state index contributed by atoms with van der Waals surface area (Å²) >= 11 is 0. The van der Waals surface area contributed by atoms with Gasteiger partial charge < -0.3 is 14.7 Å². The lowest BCUT2D eigenvalue weighted by Crippen LogP contribution is -2.57. The molecule has 5 rings (SSSR count). The minimum absolute atomic E-state index is 0.0233. The summed E-state index contributed by atoms with van der Waals surface area (Å²) in [7, 11) is 1.64. The average molecular weight is 337 g/mol. The number of hydrogen-bond acceptors (Lipinski definition) is 3. The van der Waals surface area contributed by atoms with Gasteiger partial charge in [0.05, 0.1) is 24.7 Å². The monoisotopic (exact) mass is 337 g/mol. The largest absolute Gasteiger partial charge is 0.497 e. The number of hydrogen-bond donors (Lipinski definition) is 1. The zero-order chi connectivity index (χ0) is 17.8. The molecule has 2 bridgehead atoms. The molecule has 1 saturated heterocycles. The smallest absolute Gasteiger partial charge is 0.233 e. The highest BCUT2D eigenvalue weighted by Crippen LogP contribution is 2.53. The number of carbonyl (C=O) groups is 1. The van der Waals surface area contributed by atoms with Crippen LogP contribution in [0.2, 0.25) is 0 Å². The number of nitrogens with zero attached hydrogens (tertiary/aromatic N) is 1. The molecule has 4 nitrogen and oxygen atoms in total. The van der Waals surface area contributed by atoms with Crippen LogP contribution >= 0.6 is 0 Å². The van der Waals surface area contributed by atoms with E-state index in [1.54, 1.807) is 14.0 Å². The Morgan fingerprint density at radius 3 is 2.64 bits per heavy atom. The molecule has 0 spiro atoms. The first kappa shape index (κ1) is 16.2. The van der Waals surface area contributed by atoms with Crippen molar-refractivity contribution in [2.24, 2.45) is 0 Å². The van der Waals surface area contributed by atoms with Gasteiger partial charge in [-0.25, -0.2) is 0 Å². The summed E-state index contributed by atoms with van der Waals surface area (Å²) in [5.41, 5.74) is 3.48. The third kappa shape index (κ3) is 2.44. The Kier molecular flexibility index (Phi) is 3.62. The van der Waals surface area contributed by atoms with Gasteiger partial charge in [0.2, 0.25) is 5.91 Å². The molecule has 2 aliphatic heterocycles. The number of aryl methyl sites for hydroxylation is 1. The first-order valence-corrected chi connectivity index (χ1v) is 8.67. The lowest BCUT2D eigenvalue weighted by atomic mass is 9.65. The molecule has 2 heterocycles. The maximum absolute atomic E-state index is 13.1. The number of fused-ring (bicyclic) bond motifs is 2. The third-order valence-electron chi connectivity index (χ3n) is 5.65.